The first-order chi connectivity index (χ1) is 13.7. The molecule has 0 N–H and O–H groups in total. The molecule has 138 valence electrons. The Labute approximate surface area is 167 Å². The topological polar surface area (TPSA) is 50.6 Å². The minimum absolute atomic E-state index is 0.626. The van der Waals surface area contributed by atoms with Crippen LogP contribution in [0.15, 0.2) is 84.2 Å². The molecule has 28 heavy (non-hydrogen) atoms. The van der Waals surface area contributed by atoms with Gasteiger partial charge in [0.2, 0.25) is 0 Å². The fourth-order valence-electron chi connectivity index (χ4n) is 2.82. The van der Waals surface area contributed by atoms with Crippen molar-refractivity contribution in [1.29, 1.82) is 0 Å². The number of fused-ring (bicyclic) bond motifs is 1. The highest BCUT2D eigenvalue weighted by Gasteiger charge is 2.14. The van der Waals surface area contributed by atoms with Crippen molar-refractivity contribution in [2.75, 3.05) is 12.1 Å². The van der Waals surface area contributed by atoms with Gasteiger partial charge in [0, 0.05) is 10.4 Å². The lowest BCUT2D eigenvalue weighted by Crippen LogP contribution is -2.12. The zero-order valence-corrected chi connectivity index (χ0v) is 15.9. The second kappa shape index (κ2) is 8.06. The van der Waals surface area contributed by atoms with Crippen molar-refractivity contribution in [3.8, 4) is 5.75 Å². The van der Waals surface area contributed by atoms with Gasteiger partial charge in [-0.2, -0.15) is 5.10 Å². The third-order valence-corrected chi connectivity index (χ3v) is 4.45. The molecule has 4 aromatic rings. The maximum Gasteiger partial charge on any atom is 0.165 e. The molecule has 0 fully saturated rings. The Balaban J connectivity index is 1.84. The van der Waals surface area contributed by atoms with Gasteiger partial charge in [0.15, 0.2) is 5.82 Å². The molecule has 0 radical (unpaired) electrons. The summed E-state index contributed by atoms with van der Waals surface area (Å²) in [5.74, 6) is 1.44. The summed E-state index contributed by atoms with van der Waals surface area (Å²) in [6, 6.07) is 23.1. The summed E-state index contributed by atoms with van der Waals surface area (Å²) in [7, 11) is 1.64. The van der Waals surface area contributed by atoms with Crippen molar-refractivity contribution in [3.63, 3.8) is 0 Å². The molecule has 3 aromatic carbocycles. The summed E-state index contributed by atoms with van der Waals surface area (Å²) >= 11 is 6.12. The van der Waals surface area contributed by atoms with Gasteiger partial charge in [0.25, 0.3) is 0 Å². The van der Waals surface area contributed by atoms with Crippen molar-refractivity contribution in [2.24, 2.45) is 5.10 Å². The molecule has 0 saturated heterocycles. The number of hydrazone groups is 1. The first-order valence-electron chi connectivity index (χ1n) is 8.68. The second-order valence-electron chi connectivity index (χ2n) is 6.02. The van der Waals surface area contributed by atoms with Crippen LogP contribution in [0.5, 0.6) is 5.75 Å². The van der Waals surface area contributed by atoms with Crippen LogP contribution < -0.4 is 9.75 Å². The van der Waals surface area contributed by atoms with E-state index in [1.54, 1.807) is 18.3 Å². The van der Waals surface area contributed by atoms with E-state index in [0.717, 1.165) is 27.9 Å². The highest BCUT2D eigenvalue weighted by Crippen LogP contribution is 2.32. The average molecular weight is 389 g/mol. The first kappa shape index (κ1) is 17.9. The summed E-state index contributed by atoms with van der Waals surface area (Å²) in [5, 5.41) is 7.97. The first-order valence-corrected chi connectivity index (χ1v) is 9.06. The van der Waals surface area contributed by atoms with Gasteiger partial charge in [0.05, 0.1) is 24.5 Å². The number of hydrogen-bond acceptors (Lipinski definition) is 5. The highest BCUT2D eigenvalue weighted by atomic mass is 35.5. The monoisotopic (exact) mass is 388 g/mol. The van der Waals surface area contributed by atoms with Crippen LogP contribution in [0.25, 0.3) is 10.9 Å². The Kier molecular flexibility index (Phi) is 5.17. The number of benzene rings is 3. The minimum atomic E-state index is 0.626. The number of rotatable bonds is 5. The standard InChI is InChI=1S/C22H17ClN4O/c1-28-19-10-8-18(9-11-19)27(26-14-16-5-3-2-4-6-16)22-20-12-7-17(23)13-21(20)24-15-25-22/h2-15H,1H3. The predicted octanol–water partition coefficient (Wildman–Crippen LogP) is 5.46. The summed E-state index contributed by atoms with van der Waals surface area (Å²) in [6.45, 7) is 0. The lowest BCUT2D eigenvalue weighted by atomic mass is 10.2. The molecule has 0 saturated carbocycles. The summed E-state index contributed by atoms with van der Waals surface area (Å²) in [4.78, 5) is 8.83. The number of hydrogen-bond donors (Lipinski definition) is 0. The van der Waals surface area contributed by atoms with Crippen LogP contribution >= 0.6 is 11.6 Å². The molecule has 0 bridgehead atoms. The molecule has 6 heteroatoms. The smallest absolute Gasteiger partial charge is 0.165 e. The summed E-state index contributed by atoms with van der Waals surface area (Å²) in [6.07, 6.45) is 3.32. The molecule has 0 spiro atoms. The Morgan fingerprint density at radius 2 is 1.75 bits per heavy atom. The van der Waals surface area contributed by atoms with Crippen molar-refractivity contribution in [1.82, 2.24) is 9.97 Å². The van der Waals surface area contributed by atoms with Crippen LogP contribution in [-0.2, 0) is 0 Å². The van der Waals surface area contributed by atoms with Crippen LogP contribution in [-0.4, -0.2) is 23.3 Å². The van der Waals surface area contributed by atoms with E-state index in [2.05, 4.69) is 9.97 Å². The van der Waals surface area contributed by atoms with E-state index in [-0.39, 0.29) is 0 Å². The maximum atomic E-state index is 6.12. The van der Waals surface area contributed by atoms with Crippen LogP contribution in [0, 0.1) is 0 Å². The van der Waals surface area contributed by atoms with Gasteiger partial charge in [-0.25, -0.2) is 15.0 Å². The molecule has 0 unspecified atom stereocenters. The lowest BCUT2D eigenvalue weighted by Gasteiger charge is -2.20. The molecule has 0 aliphatic heterocycles. The average Bonchev–Trinajstić information content (AvgIpc) is 2.75. The van der Waals surface area contributed by atoms with Crippen LogP contribution in [0.2, 0.25) is 5.02 Å². The third-order valence-electron chi connectivity index (χ3n) is 4.22. The maximum absolute atomic E-state index is 6.12. The van der Waals surface area contributed by atoms with E-state index in [1.165, 1.54) is 6.33 Å². The Morgan fingerprint density at radius 1 is 0.964 bits per heavy atom. The number of nitrogens with zero attached hydrogens (tertiary/aromatic N) is 4. The van der Waals surface area contributed by atoms with Gasteiger partial charge in [-0.05, 0) is 48.0 Å². The Morgan fingerprint density at radius 3 is 2.50 bits per heavy atom. The van der Waals surface area contributed by atoms with Crippen LogP contribution in [0.3, 0.4) is 0 Å². The molecule has 1 heterocycles. The Hall–Kier alpha value is -3.44. The fraction of sp³-hybridized carbons (Fsp3) is 0.0455. The van der Waals surface area contributed by atoms with Crippen LogP contribution in [0.4, 0.5) is 11.5 Å². The van der Waals surface area contributed by atoms with Gasteiger partial charge in [-0.3, -0.25) is 0 Å². The number of anilines is 2. The second-order valence-corrected chi connectivity index (χ2v) is 6.46. The molecule has 5 nitrogen and oxygen atoms in total. The Bertz CT molecular complexity index is 1110. The molecule has 4 rings (SSSR count). The largest absolute Gasteiger partial charge is 0.497 e. The van der Waals surface area contributed by atoms with Gasteiger partial charge in [-0.15, -0.1) is 0 Å². The fourth-order valence-corrected chi connectivity index (χ4v) is 2.98. The molecule has 0 aliphatic carbocycles. The number of methoxy groups -OCH3 is 1. The summed E-state index contributed by atoms with van der Waals surface area (Å²) < 4.78 is 5.27. The highest BCUT2D eigenvalue weighted by molar-refractivity contribution is 6.31. The normalized spacial score (nSPS) is 11.1. The number of ether oxygens (including phenoxy) is 1. The minimum Gasteiger partial charge on any atom is -0.497 e. The SMILES string of the molecule is COc1ccc(N(N=Cc2ccccc2)c2ncnc3cc(Cl)ccc23)cc1. The molecule has 0 atom stereocenters. The van der Waals surface area contributed by atoms with Gasteiger partial charge in [-0.1, -0.05) is 41.9 Å². The number of aromatic nitrogens is 2. The van der Waals surface area contributed by atoms with E-state index < -0.39 is 0 Å². The van der Waals surface area contributed by atoms with E-state index in [4.69, 9.17) is 21.4 Å². The third kappa shape index (κ3) is 3.80. The van der Waals surface area contributed by atoms with Gasteiger partial charge >= 0.3 is 0 Å². The summed E-state index contributed by atoms with van der Waals surface area (Å²) in [5.41, 5.74) is 2.59. The zero-order valence-electron chi connectivity index (χ0n) is 15.2. The van der Waals surface area contributed by atoms with E-state index in [1.807, 2.05) is 72.8 Å². The molecule has 1 aromatic heterocycles. The van der Waals surface area contributed by atoms with Crippen molar-refractivity contribution < 1.29 is 4.74 Å². The van der Waals surface area contributed by atoms with Crippen LogP contribution in [0.1, 0.15) is 5.56 Å². The molecular formula is C22H17ClN4O. The van der Waals surface area contributed by atoms with Gasteiger partial charge < -0.3 is 4.74 Å². The quantitative estimate of drug-likeness (QED) is 0.336. The zero-order chi connectivity index (χ0) is 19.3. The predicted molar refractivity (Wildman–Crippen MR) is 114 cm³/mol. The molecule has 0 aliphatic rings. The van der Waals surface area contributed by atoms with Crippen molar-refractivity contribution >= 4 is 40.2 Å². The van der Waals surface area contributed by atoms with Crippen molar-refractivity contribution in [3.05, 3.63) is 89.7 Å². The van der Waals surface area contributed by atoms with E-state index in [9.17, 15) is 0 Å². The lowest BCUT2D eigenvalue weighted by molar-refractivity contribution is 0.415. The van der Waals surface area contributed by atoms with Gasteiger partial charge in [0.1, 0.15) is 12.1 Å². The van der Waals surface area contributed by atoms with Crippen molar-refractivity contribution in [2.45, 2.75) is 0 Å². The molecular weight excluding hydrogens is 372 g/mol. The van der Waals surface area contributed by atoms with E-state index >= 15 is 0 Å². The molecule has 0 amide bonds. The number of halogens is 1. The van der Waals surface area contributed by atoms with E-state index in [0.29, 0.717) is 10.8 Å².